The fourth-order valence-electron chi connectivity index (χ4n) is 0.829. The van der Waals surface area contributed by atoms with Crippen LogP contribution in [0.2, 0.25) is 0 Å². The van der Waals surface area contributed by atoms with Gasteiger partial charge in [0.05, 0.1) is 5.69 Å². The summed E-state index contributed by atoms with van der Waals surface area (Å²) in [6.45, 7) is 1.76. The highest BCUT2D eigenvalue weighted by Crippen LogP contribution is 2.09. The molecule has 0 amide bonds. The van der Waals surface area contributed by atoms with Gasteiger partial charge in [-0.2, -0.15) is 0 Å². The van der Waals surface area contributed by atoms with Crippen LogP contribution in [-0.4, -0.2) is 13.4 Å². The van der Waals surface area contributed by atoms with Crippen LogP contribution in [0, 0.1) is 0 Å². The van der Waals surface area contributed by atoms with E-state index >= 15 is 0 Å². The number of nitrogens with zero attached hydrogens (tertiary/aromatic N) is 1. The first-order chi connectivity index (χ1) is 5.91. The molecule has 0 saturated heterocycles. The number of nitrogens with two attached hydrogens (primary N) is 2. The standard InChI is InChI=1S/C7H11N3O2S/c1-5(8)7-3-2-6(4-10-7)13(9,11)12/h2-5H,8H2,1H3,(H2,9,11,12)/t5-/m1/s1. The summed E-state index contributed by atoms with van der Waals surface area (Å²) in [5.41, 5.74) is 6.16. The predicted molar refractivity (Wildman–Crippen MR) is 48.2 cm³/mol. The van der Waals surface area contributed by atoms with Crippen molar-refractivity contribution < 1.29 is 8.42 Å². The molecule has 0 aliphatic heterocycles. The molecular weight excluding hydrogens is 190 g/mol. The van der Waals surface area contributed by atoms with Crippen LogP contribution in [0.5, 0.6) is 0 Å². The molecule has 72 valence electrons. The summed E-state index contributed by atoms with van der Waals surface area (Å²) in [6.07, 6.45) is 1.20. The second-order valence-corrected chi connectivity index (χ2v) is 4.31. The largest absolute Gasteiger partial charge is 0.323 e. The summed E-state index contributed by atoms with van der Waals surface area (Å²) < 4.78 is 21.6. The van der Waals surface area contributed by atoms with Gasteiger partial charge in [-0.15, -0.1) is 0 Å². The van der Waals surface area contributed by atoms with Crippen LogP contribution in [0.15, 0.2) is 23.2 Å². The molecule has 0 unspecified atom stereocenters. The number of aromatic nitrogens is 1. The molecule has 0 fully saturated rings. The van der Waals surface area contributed by atoms with Crippen molar-refractivity contribution in [3.8, 4) is 0 Å². The number of pyridine rings is 1. The zero-order chi connectivity index (χ0) is 10.1. The molecule has 1 rings (SSSR count). The Kier molecular flexibility index (Phi) is 2.65. The first-order valence-electron chi connectivity index (χ1n) is 3.65. The molecule has 1 aromatic rings. The van der Waals surface area contributed by atoms with E-state index in [9.17, 15) is 8.42 Å². The van der Waals surface area contributed by atoms with Crippen molar-refractivity contribution in [2.75, 3.05) is 0 Å². The number of primary sulfonamides is 1. The SMILES string of the molecule is C[C@@H](N)c1ccc(S(N)(=O)=O)cn1. The summed E-state index contributed by atoms with van der Waals surface area (Å²) in [5.74, 6) is 0. The third-order valence-corrected chi connectivity index (χ3v) is 2.45. The van der Waals surface area contributed by atoms with Gasteiger partial charge in [-0.25, -0.2) is 13.6 Å². The molecule has 0 aliphatic carbocycles. The van der Waals surface area contributed by atoms with Crippen LogP contribution in [-0.2, 0) is 10.0 Å². The van der Waals surface area contributed by atoms with Crippen molar-refractivity contribution in [1.82, 2.24) is 4.98 Å². The third-order valence-electron chi connectivity index (χ3n) is 1.55. The zero-order valence-electron chi connectivity index (χ0n) is 7.14. The number of rotatable bonds is 2. The summed E-state index contributed by atoms with van der Waals surface area (Å²) in [5, 5.41) is 4.88. The van der Waals surface area contributed by atoms with Crippen LogP contribution < -0.4 is 10.9 Å². The van der Waals surface area contributed by atoms with E-state index in [0.29, 0.717) is 5.69 Å². The normalized spacial score (nSPS) is 14.1. The molecule has 5 nitrogen and oxygen atoms in total. The minimum atomic E-state index is -3.65. The molecule has 4 N–H and O–H groups in total. The average Bonchev–Trinajstić information content (AvgIpc) is 2.03. The summed E-state index contributed by atoms with van der Waals surface area (Å²) >= 11 is 0. The highest BCUT2D eigenvalue weighted by atomic mass is 32.2. The first-order valence-corrected chi connectivity index (χ1v) is 5.20. The van der Waals surface area contributed by atoms with Crippen LogP contribution in [0.1, 0.15) is 18.7 Å². The molecular formula is C7H11N3O2S. The van der Waals surface area contributed by atoms with E-state index in [4.69, 9.17) is 10.9 Å². The van der Waals surface area contributed by atoms with Gasteiger partial charge in [0.15, 0.2) is 0 Å². The average molecular weight is 201 g/mol. The smallest absolute Gasteiger partial charge is 0.239 e. The highest BCUT2D eigenvalue weighted by molar-refractivity contribution is 7.89. The topological polar surface area (TPSA) is 99.1 Å². The fraction of sp³-hybridized carbons (Fsp3) is 0.286. The maximum Gasteiger partial charge on any atom is 0.239 e. The van der Waals surface area contributed by atoms with Crippen molar-refractivity contribution in [3.63, 3.8) is 0 Å². The molecule has 0 bridgehead atoms. The van der Waals surface area contributed by atoms with E-state index in [-0.39, 0.29) is 10.9 Å². The molecule has 6 heteroatoms. The van der Waals surface area contributed by atoms with Gasteiger partial charge in [-0.05, 0) is 19.1 Å². The van der Waals surface area contributed by atoms with Gasteiger partial charge in [0.25, 0.3) is 0 Å². The number of hydrogen-bond acceptors (Lipinski definition) is 4. The van der Waals surface area contributed by atoms with Gasteiger partial charge in [0, 0.05) is 12.2 Å². The van der Waals surface area contributed by atoms with E-state index in [2.05, 4.69) is 4.98 Å². The van der Waals surface area contributed by atoms with E-state index in [1.807, 2.05) is 0 Å². The lowest BCUT2D eigenvalue weighted by molar-refractivity contribution is 0.597. The minimum absolute atomic E-state index is 0.00287. The molecule has 0 saturated carbocycles. The van der Waals surface area contributed by atoms with E-state index in [1.165, 1.54) is 12.3 Å². The Morgan fingerprint density at radius 2 is 2.08 bits per heavy atom. The molecule has 0 aliphatic rings. The Labute approximate surface area is 76.8 Å². The van der Waals surface area contributed by atoms with E-state index in [0.717, 1.165) is 0 Å². The van der Waals surface area contributed by atoms with Crippen molar-refractivity contribution in [2.45, 2.75) is 17.9 Å². The Hall–Kier alpha value is -0.980. The number of sulfonamides is 1. The maximum atomic E-state index is 10.8. The van der Waals surface area contributed by atoms with Gasteiger partial charge < -0.3 is 5.73 Å². The van der Waals surface area contributed by atoms with Gasteiger partial charge >= 0.3 is 0 Å². The summed E-state index contributed by atoms with van der Waals surface area (Å²) in [7, 11) is -3.65. The lowest BCUT2D eigenvalue weighted by Gasteiger charge is -2.04. The van der Waals surface area contributed by atoms with Crippen molar-refractivity contribution in [1.29, 1.82) is 0 Å². The Balaban J connectivity index is 3.08. The van der Waals surface area contributed by atoms with Crippen molar-refractivity contribution in [3.05, 3.63) is 24.0 Å². The highest BCUT2D eigenvalue weighted by Gasteiger charge is 2.08. The maximum absolute atomic E-state index is 10.8. The molecule has 0 radical (unpaired) electrons. The predicted octanol–water partition coefficient (Wildman–Crippen LogP) is -0.251. The zero-order valence-corrected chi connectivity index (χ0v) is 7.95. The Morgan fingerprint density at radius 1 is 1.46 bits per heavy atom. The minimum Gasteiger partial charge on any atom is -0.323 e. The lowest BCUT2D eigenvalue weighted by atomic mass is 10.2. The molecule has 1 atom stereocenters. The lowest BCUT2D eigenvalue weighted by Crippen LogP contribution is -2.13. The molecule has 1 aromatic heterocycles. The summed E-state index contributed by atoms with van der Waals surface area (Å²) in [4.78, 5) is 3.86. The van der Waals surface area contributed by atoms with Gasteiger partial charge in [0.2, 0.25) is 10.0 Å². The molecule has 0 aromatic carbocycles. The summed E-state index contributed by atoms with van der Waals surface area (Å²) in [6, 6.07) is 2.72. The quantitative estimate of drug-likeness (QED) is 0.689. The van der Waals surface area contributed by atoms with Crippen LogP contribution in [0.25, 0.3) is 0 Å². The van der Waals surface area contributed by atoms with Crippen molar-refractivity contribution >= 4 is 10.0 Å². The Morgan fingerprint density at radius 3 is 2.38 bits per heavy atom. The van der Waals surface area contributed by atoms with Gasteiger partial charge in [-0.1, -0.05) is 0 Å². The monoisotopic (exact) mass is 201 g/mol. The van der Waals surface area contributed by atoms with Crippen LogP contribution in [0.3, 0.4) is 0 Å². The molecule has 1 heterocycles. The second-order valence-electron chi connectivity index (χ2n) is 2.75. The fourth-order valence-corrected chi connectivity index (χ4v) is 1.29. The van der Waals surface area contributed by atoms with E-state index < -0.39 is 10.0 Å². The van der Waals surface area contributed by atoms with Gasteiger partial charge in [0.1, 0.15) is 4.90 Å². The molecule has 0 spiro atoms. The van der Waals surface area contributed by atoms with Gasteiger partial charge in [-0.3, -0.25) is 4.98 Å². The Bertz CT molecular complexity index is 383. The van der Waals surface area contributed by atoms with Crippen LogP contribution >= 0.6 is 0 Å². The first kappa shape index (κ1) is 10.1. The third kappa shape index (κ3) is 2.48. The second kappa shape index (κ2) is 3.41. The van der Waals surface area contributed by atoms with Crippen LogP contribution in [0.4, 0.5) is 0 Å². The van der Waals surface area contributed by atoms with Crippen molar-refractivity contribution in [2.24, 2.45) is 10.9 Å². The van der Waals surface area contributed by atoms with E-state index in [1.54, 1.807) is 13.0 Å². The number of hydrogen-bond donors (Lipinski definition) is 2. The molecule has 13 heavy (non-hydrogen) atoms.